The zero-order valence-corrected chi connectivity index (χ0v) is 7.07. The van der Waals surface area contributed by atoms with Gasteiger partial charge < -0.3 is 4.98 Å². The number of aryl methyl sites for hydroxylation is 1. The zero-order valence-electron chi connectivity index (χ0n) is 7.07. The Hall–Kier alpha value is -1.24. The van der Waals surface area contributed by atoms with Crippen LogP contribution in [-0.2, 0) is 0 Å². The van der Waals surface area contributed by atoms with E-state index in [1.54, 1.807) is 0 Å². The molecule has 1 N–H and O–H groups in total. The molecule has 0 radical (unpaired) electrons. The molecule has 1 heteroatoms. The zero-order chi connectivity index (χ0) is 8.43. The summed E-state index contributed by atoms with van der Waals surface area (Å²) in [5, 5.41) is 0. The molecular weight excluding hydrogens is 134 g/mol. The minimum Gasteiger partial charge on any atom is -0.361 e. The third-order valence-electron chi connectivity index (χ3n) is 1.74. The van der Waals surface area contributed by atoms with E-state index in [1.165, 1.54) is 11.1 Å². The first-order valence-electron chi connectivity index (χ1n) is 3.63. The summed E-state index contributed by atoms with van der Waals surface area (Å²) in [4.78, 5) is 3.13. The number of rotatable bonds is 2. The third-order valence-corrected chi connectivity index (χ3v) is 1.74. The average Bonchev–Trinajstić information content (AvgIpc) is 2.30. The molecule has 1 nitrogen and oxygen atoms in total. The van der Waals surface area contributed by atoms with Crippen LogP contribution in [0.2, 0.25) is 0 Å². The first kappa shape index (κ1) is 7.86. The van der Waals surface area contributed by atoms with Crippen molar-refractivity contribution >= 4 is 11.6 Å². The normalized spacial score (nSPS) is 9.64. The van der Waals surface area contributed by atoms with Crippen LogP contribution < -0.4 is 0 Å². The van der Waals surface area contributed by atoms with Gasteiger partial charge in [-0.2, -0.15) is 0 Å². The van der Waals surface area contributed by atoms with Crippen molar-refractivity contribution < 1.29 is 0 Å². The molecule has 0 aliphatic carbocycles. The van der Waals surface area contributed by atoms with Crippen molar-refractivity contribution in [3.8, 4) is 0 Å². The van der Waals surface area contributed by atoms with Crippen molar-refractivity contribution in [2.75, 3.05) is 0 Å². The van der Waals surface area contributed by atoms with E-state index in [1.807, 2.05) is 19.2 Å². The molecule has 0 amide bonds. The molecule has 1 rings (SSSR count). The lowest BCUT2D eigenvalue weighted by Crippen LogP contribution is -1.81. The lowest BCUT2D eigenvalue weighted by Gasteiger charge is -1.99. The molecule has 58 valence electrons. The number of nitrogens with one attached hydrogen (secondary N) is 1. The van der Waals surface area contributed by atoms with Crippen molar-refractivity contribution in [3.05, 3.63) is 36.2 Å². The number of hydrogen-bond acceptors (Lipinski definition) is 0. The van der Waals surface area contributed by atoms with Crippen molar-refractivity contribution in [2.45, 2.75) is 13.8 Å². The monoisotopic (exact) mass is 147 g/mol. The number of H-pyrrole nitrogens is 1. The second-order valence-corrected chi connectivity index (χ2v) is 2.74. The second-order valence-electron chi connectivity index (χ2n) is 2.74. The predicted molar refractivity (Wildman–Crippen MR) is 50.3 cm³/mol. The number of aromatic amines is 1. The van der Waals surface area contributed by atoms with E-state index in [-0.39, 0.29) is 0 Å². The second kappa shape index (κ2) is 2.79. The van der Waals surface area contributed by atoms with Crippen LogP contribution in [0, 0.1) is 6.92 Å². The maximum absolute atomic E-state index is 3.90. The highest BCUT2D eigenvalue weighted by molar-refractivity contribution is 5.72. The van der Waals surface area contributed by atoms with Gasteiger partial charge in [0.2, 0.25) is 0 Å². The Morgan fingerprint density at radius 3 is 2.64 bits per heavy atom. The molecule has 1 heterocycles. The highest BCUT2D eigenvalue weighted by Gasteiger charge is 2.04. The fourth-order valence-electron chi connectivity index (χ4n) is 1.27. The van der Waals surface area contributed by atoms with E-state index >= 15 is 0 Å². The van der Waals surface area contributed by atoms with Gasteiger partial charge >= 0.3 is 0 Å². The van der Waals surface area contributed by atoms with Crippen LogP contribution in [0.15, 0.2) is 19.4 Å². The van der Waals surface area contributed by atoms with Gasteiger partial charge in [0.05, 0.1) is 0 Å². The smallest absolute Gasteiger partial charge is 0.0453 e. The molecule has 1 aromatic rings. The highest BCUT2D eigenvalue weighted by atomic mass is 14.7. The first-order valence-corrected chi connectivity index (χ1v) is 3.63. The third kappa shape index (κ3) is 1.27. The van der Waals surface area contributed by atoms with Gasteiger partial charge in [-0.05, 0) is 31.1 Å². The summed E-state index contributed by atoms with van der Waals surface area (Å²) < 4.78 is 0. The average molecular weight is 147 g/mol. The fraction of sp³-hybridized carbons (Fsp3) is 0.200. The van der Waals surface area contributed by atoms with Crippen molar-refractivity contribution in [3.63, 3.8) is 0 Å². The molecule has 0 aliphatic rings. The Bertz CT molecular complexity index is 292. The van der Waals surface area contributed by atoms with Crippen molar-refractivity contribution in [1.29, 1.82) is 0 Å². The Morgan fingerprint density at radius 2 is 2.27 bits per heavy atom. The number of allylic oxidation sites excluding steroid dienone is 1. The summed E-state index contributed by atoms with van der Waals surface area (Å²) >= 11 is 0. The van der Waals surface area contributed by atoms with Gasteiger partial charge in [-0.15, -0.1) is 0 Å². The molecule has 0 aliphatic heterocycles. The van der Waals surface area contributed by atoms with Gasteiger partial charge in [-0.3, -0.25) is 0 Å². The molecule has 11 heavy (non-hydrogen) atoms. The maximum Gasteiger partial charge on any atom is 0.0453 e. The van der Waals surface area contributed by atoms with E-state index in [0.29, 0.717) is 0 Å². The van der Waals surface area contributed by atoms with Crippen LogP contribution >= 0.6 is 0 Å². The Morgan fingerprint density at radius 1 is 1.64 bits per heavy atom. The van der Waals surface area contributed by atoms with Crippen molar-refractivity contribution in [1.82, 2.24) is 4.98 Å². The van der Waals surface area contributed by atoms with Crippen molar-refractivity contribution in [2.24, 2.45) is 0 Å². The molecular formula is C10H13N. The molecule has 0 saturated carbocycles. The first-order chi connectivity index (χ1) is 5.16. The molecule has 1 aromatic heterocycles. The molecule has 0 saturated heterocycles. The molecule has 0 aromatic carbocycles. The molecule has 0 fully saturated rings. The molecule has 0 unspecified atom stereocenters. The largest absolute Gasteiger partial charge is 0.361 e. The van der Waals surface area contributed by atoms with Crippen LogP contribution in [0.5, 0.6) is 0 Å². The summed E-state index contributed by atoms with van der Waals surface area (Å²) in [6, 6.07) is 0. The summed E-state index contributed by atoms with van der Waals surface area (Å²) in [5.74, 6) is 0. The summed E-state index contributed by atoms with van der Waals surface area (Å²) in [6.07, 6.45) is 3.79. The van der Waals surface area contributed by atoms with Gasteiger partial charge in [0.1, 0.15) is 0 Å². The topological polar surface area (TPSA) is 15.8 Å². The van der Waals surface area contributed by atoms with Crippen LogP contribution in [0.4, 0.5) is 0 Å². The highest BCUT2D eigenvalue weighted by Crippen LogP contribution is 2.21. The minimum atomic E-state index is 1.06. The lowest BCUT2D eigenvalue weighted by molar-refractivity contribution is 1.36. The Labute approximate surface area is 67.5 Å². The van der Waals surface area contributed by atoms with Gasteiger partial charge in [0.25, 0.3) is 0 Å². The maximum atomic E-state index is 3.90. The fourth-order valence-corrected chi connectivity index (χ4v) is 1.27. The van der Waals surface area contributed by atoms with E-state index in [9.17, 15) is 0 Å². The summed E-state index contributed by atoms with van der Waals surface area (Å²) in [7, 11) is 0. The van der Waals surface area contributed by atoms with Gasteiger partial charge in [-0.25, -0.2) is 0 Å². The summed E-state index contributed by atoms with van der Waals surface area (Å²) in [5.41, 5.74) is 4.57. The predicted octanol–water partition coefficient (Wildman–Crippen LogP) is 3.00. The number of aromatic nitrogens is 1. The van der Waals surface area contributed by atoms with Crippen LogP contribution in [-0.4, -0.2) is 4.98 Å². The van der Waals surface area contributed by atoms with E-state index in [4.69, 9.17) is 0 Å². The van der Waals surface area contributed by atoms with Crippen LogP contribution in [0.25, 0.3) is 11.6 Å². The van der Waals surface area contributed by atoms with Gasteiger partial charge in [-0.1, -0.05) is 13.2 Å². The van der Waals surface area contributed by atoms with Gasteiger partial charge in [0.15, 0.2) is 0 Å². The van der Waals surface area contributed by atoms with E-state index < -0.39 is 0 Å². The standard InChI is InChI=1S/C10H13N/c1-5-9-10(7(2)3)8(4)6-11-9/h5-6,11H,1-2H2,3-4H3. The van der Waals surface area contributed by atoms with Gasteiger partial charge in [0, 0.05) is 17.5 Å². The van der Waals surface area contributed by atoms with Crippen LogP contribution in [0.3, 0.4) is 0 Å². The lowest BCUT2D eigenvalue weighted by atomic mass is 10.1. The Kier molecular flexibility index (Phi) is 1.99. The molecule has 0 spiro atoms. The Balaban J connectivity index is 3.28. The quantitative estimate of drug-likeness (QED) is 0.661. The van der Waals surface area contributed by atoms with E-state index in [0.717, 1.165) is 11.3 Å². The molecule has 0 atom stereocenters. The van der Waals surface area contributed by atoms with E-state index in [2.05, 4.69) is 25.1 Å². The summed E-state index contributed by atoms with van der Waals surface area (Å²) in [6.45, 7) is 11.7. The van der Waals surface area contributed by atoms with Crippen LogP contribution in [0.1, 0.15) is 23.7 Å². The SMILES string of the molecule is C=Cc1[nH]cc(C)c1C(=C)C. The number of hydrogen-bond donors (Lipinski definition) is 1. The molecule has 0 bridgehead atoms. The minimum absolute atomic E-state index is 1.06.